The minimum atomic E-state index is -1.93. The van der Waals surface area contributed by atoms with Crippen LogP contribution in [-0.2, 0) is 43.0 Å². The third-order valence-corrected chi connectivity index (χ3v) is 4.61. The van der Waals surface area contributed by atoms with Gasteiger partial charge in [-0.2, -0.15) is 5.06 Å². The van der Waals surface area contributed by atoms with E-state index in [2.05, 4.69) is 9.47 Å². The zero-order chi connectivity index (χ0) is 18.3. The molecule has 0 N–H and O–H groups in total. The van der Waals surface area contributed by atoms with Gasteiger partial charge in [0.25, 0.3) is 0 Å². The normalized spacial score (nSPS) is 30.5. The first-order valence-corrected chi connectivity index (χ1v) is 7.02. The van der Waals surface area contributed by atoms with Crippen molar-refractivity contribution in [3.05, 3.63) is 0 Å². The minimum Gasteiger partial charge on any atom is -0.469 e. The Labute approximate surface area is 137 Å². The molecule has 134 valence electrons. The van der Waals surface area contributed by atoms with Crippen LogP contribution in [-0.4, -0.2) is 75.6 Å². The van der Waals surface area contributed by atoms with Gasteiger partial charge in [0.1, 0.15) is 17.4 Å². The van der Waals surface area contributed by atoms with E-state index in [4.69, 9.17) is 14.3 Å². The fourth-order valence-electron chi connectivity index (χ4n) is 3.37. The topological polar surface area (TPSA) is 118 Å². The fraction of sp³-hybridized carbons (Fsp3) is 0.714. The van der Waals surface area contributed by atoms with Crippen molar-refractivity contribution in [2.24, 2.45) is 11.8 Å². The molecule has 0 bridgehead atoms. The van der Waals surface area contributed by atoms with Crippen LogP contribution in [0.25, 0.3) is 0 Å². The molecule has 0 aromatic rings. The number of esters is 4. The molecular formula is C14H19NO9. The number of nitrogens with zero attached hydrogens (tertiary/aromatic N) is 1. The zero-order valence-corrected chi connectivity index (χ0v) is 14.0. The average molecular weight is 345 g/mol. The van der Waals surface area contributed by atoms with Gasteiger partial charge in [0.2, 0.25) is 5.54 Å². The van der Waals surface area contributed by atoms with E-state index in [9.17, 15) is 19.2 Å². The third-order valence-electron chi connectivity index (χ3n) is 4.61. The summed E-state index contributed by atoms with van der Waals surface area (Å²) in [5, 5.41) is 0.962. The van der Waals surface area contributed by atoms with E-state index in [0.717, 1.165) is 33.5 Å². The van der Waals surface area contributed by atoms with Gasteiger partial charge in [0.15, 0.2) is 0 Å². The third kappa shape index (κ3) is 2.17. The highest BCUT2D eigenvalue weighted by atomic mass is 16.7. The second kappa shape index (κ2) is 6.02. The first-order valence-electron chi connectivity index (χ1n) is 7.02. The average Bonchev–Trinajstić information content (AvgIpc) is 3.11. The van der Waals surface area contributed by atoms with Gasteiger partial charge in [-0.3, -0.25) is 14.4 Å². The molecular weight excluding hydrogens is 326 g/mol. The van der Waals surface area contributed by atoms with Gasteiger partial charge in [0, 0.05) is 13.5 Å². The second-order valence-electron chi connectivity index (χ2n) is 5.57. The quantitative estimate of drug-likeness (QED) is 0.344. The van der Waals surface area contributed by atoms with Crippen molar-refractivity contribution in [3.8, 4) is 0 Å². The molecule has 1 heterocycles. The summed E-state index contributed by atoms with van der Waals surface area (Å²) >= 11 is 0. The van der Waals surface area contributed by atoms with Crippen LogP contribution in [0.4, 0.5) is 0 Å². The van der Waals surface area contributed by atoms with Gasteiger partial charge in [-0.25, -0.2) is 9.59 Å². The molecule has 10 nitrogen and oxygen atoms in total. The molecule has 0 unspecified atom stereocenters. The van der Waals surface area contributed by atoms with Gasteiger partial charge in [-0.15, -0.1) is 0 Å². The van der Waals surface area contributed by atoms with E-state index in [1.807, 2.05) is 0 Å². The predicted octanol–water partition coefficient (Wildman–Crippen LogP) is -1.33. The molecule has 0 amide bonds. The number of carbonyl (C=O) groups is 4. The van der Waals surface area contributed by atoms with E-state index in [-0.39, 0.29) is 6.42 Å². The lowest BCUT2D eigenvalue weighted by atomic mass is 9.90. The highest BCUT2D eigenvalue weighted by Crippen LogP contribution is 2.63. The summed E-state index contributed by atoms with van der Waals surface area (Å²) in [5.74, 6) is -5.27. The van der Waals surface area contributed by atoms with Gasteiger partial charge < -0.3 is 18.9 Å². The summed E-state index contributed by atoms with van der Waals surface area (Å²) in [4.78, 5) is 54.2. The van der Waals surface area contributed by atoms with Gasteiger partial charge in [0.05, 0.1) is 28.4 Å². The van der Waals surface area contributed by atoms with E-state index in [1.54, 1.807) is 0 Å². The molecule has 1 aliphatic heterocycles. The van der Waals surface area contributed by atoms with Crippen LogP contribution in [0.15, 0.2) is 0 Å². The molecule has 0 aromatic heterocycles. The molecule has 2 atom stereocenters. The summed E-state index contributed by atoms with van der Waals surface area (Å²) in [6.07, 6.45) is -0.310. The lowest BCUT2D eigenvalue weighted by Crippen LogP contribution is -2.55. The Morgan fingerprint density at radius 1 is 0.875 bits per heavy atom. The summed E-state index contributed by atoms with van der Waals surface area (Å²) in [6.45, 7) is 0. The zero-order valence-electron chi connectivity index (χ0n) is 14.0. The number of ether oxygens (including phenoxy) is 4. The lowest BCUT2D eigenvalue weighted by molar-refractivity contribution is -0.208. The van der Waals surface area contributed by atoms with Gasteiger partial charge in [-0.1, -0.05) is 0 Å². The first kappa shape index (κ1) is 18.1. The highest BCUT2D eigenvalue weighted by Gasteiger charge is 2.83. The standard InChI is InChI=1S/C14H19NO9/c1-15-13(11(18)22-4,12(19)23-5)6-14(24-15)7(9(16)20-2)8(14)10(17)21-3/h7-8H,6H2,1-5H3/t7-,8-/m0/s1. The molecule has 2 aliphatic rings. The van der Waals surface area contributed by atoms with Crippen molar-refractivity contribution in [3.63, 3.8) is 0 Å². The monoisotopic (exact) mass is 345 g/mol. The Morgan fingerprint density at radius 2 is 1.29 bits per heavy atom. The molecule has 1 saturated heterocycles. The van der Waals surface area contributed by atoms with Crippen molar-refractivity contribution in [1.82, 2.24) is 5.06 Å². The number of hydrogen-bond donors (Lipinski definition) is 0. The Kier molecular flexibility index (Phi) is 4.55. The van der Waals surface area contributed by atoms with Crippen LogP contribution < -0.4 is 0 Å². The Morgan fingerprint density at radius 3 is 1.62 bits per heavy atom. The SMILES string of the molecule is COC(=O)[C@@H]1[C@@H](C(=O)OC)C12CC(C(=O)OC)(C(=O)OC)N(C)O2. The molecule has 1 aliphatic carbocycles. The van der Waals surface area contributed by atoms with Crippen LogP contribution >= 0.6 is 0 Å². The smallest absolute Gasteiger partial charge is 0.340 e. The van der Waals surface area contributed by atoms with Gasteiger partial charge >= 0.3 is 23.9 Å². The molecule has 2 rings (SSSR count). The van der Waals surface area contributed by atoms with Crippen LogP contribution in [0.1, 0.15) is 6.42 Å². The number of methoxy groups -OCH3 is 4. The Bertz CT molecular complexity index is 549. The summed E-state index contributed by atoms with van der Waals surface area (Å²) in [7, 11) is 5.86. The predicted molar refractivity (Wildman–Crippen MR) is 74.0 cm³/mol. The fourth-order valence-corrected chi connectivity index (χ4v) is 3.37. The second-order valence-corrected chi connectivity index (χ2v) is 5.57. The maximum Gasteiger partial charge on any atom is 0.340 e. The summed E-state index contributed by atoms with van der Waals surface area (Å²) < 4.78 is 18.8. The van der Waals surface area contributed by atoms with Crippen molar-refractivity contribution in [2.45, 2.75) is 17.6 Å². The Balaban J connectivity index is 2.46. The van der Waals surface area contributed by atoms with Crippen molar-refractivity contribution in [1.29, 1.82) is 0 Å². The van der Waals surface area contributed by atoms with E-state index < -0.39 is 46.9 Å². The Hall–Kier alpha value is -2.20. The minimum absolute atomic E-state index is 0.310. The van der Waals surface area contributed by atoms with Crippen LogP contribution in [0.3, 0.4) is 0 Å². The highest BCUT2D eigenvalue weighted by molar-refractivity contribution is 6.06. The largest absolute Gasteiger partial charge is 0.469 e. The molecule has 2 fully saturated rings. The van der Waals surface area contributed by atoms with Crippen LogP contribution in [0, 0.1) is 11.8 Å². The molecule has 1 saturated carbocycles. The first-order chi connectivity index (χ1) is 11.3. The maximum atomic E-state index is 12.3. The van der Waals surface area contributed by atoms with Crippen molar-refractivity contribution in [2.75, 3.05) is 35.5 Å². The lowest BCUT2D eigenvalue weighted by Gasteiger charge is -2.27. The number of rotatable bonds is 4. The van der Waals surface area contributed by atoms with Gasteiger partial charge in [-0.05, 0) is 0 Å². The number of likely N-dealkylation sites (N-methyl/N-ethyl adjacent to an activating group) is 1. The van der Waals surface area contributed by atoms with E-state index in [1.165, 1.54) is 7.05 Å². The number of hydroxylamine groups is 2. The number of hydrogen-bond acceptors (Lipinski definition) is 10. The van der Waals surface area contributed by atoms with Crippen LogP contribution in [0.2, 0.25) is 0 Å². The van der Waals surface area contributed by atoms with Crippen molar-refractivity contribution >= 4 is 23.9 Å². The molecule has 24 heavy (non-hydrogen) atoms. The summed E-state index contributed by atoms with van der Waals surface area (Å²) in [5.41, 5.74) is -3.37. The molecule has 0 aromatic carbocycles. The van der Waals surface area contributed by atoms with E-state index >= 15 is 0 Å². The molecule has 1 spiro atoms. The van der Waals surface area contributed by atoms with Crippen LogP contribution in [0.5, 0.6) is 0 Å². The number of carbonyl (C=O) groups excluding carboxylic acids is 4. The van der Waals surface area contributed by atoms with E-state index in [0.29, 0.717) is 0 Å². The van der Waals surface area contributed by atoms with Crippen molar-refractivity contribution < 1.29 is 43.0 Å². The molecule has 0 radical (unpaired) electrons. The molecule has 10 heteroatoms. The maximum absolute atomic E-state index is 12.3. The summed E-state index contributed by atoms with van der Waals surface area (Å²) in [6, 6.07) is 0.